The highest BCUT2D eigenvalue weighted by molar-refractivity contribution is 9.10. The van der Waals surface area contributed by atoms with Crippen molar-refractivity contribution in [1.82, 2.24) is 5.32 Å². The maximum Gasteiger partial charge on any atom is 0.282 e. The standard InChI is InChI=1S/C11H14BrF2NO/c1-8-2-3-9(10(12)4-8)5-15-6-11(13,14)7-16/h2-4,15-16H,5-7H2,1H3. The van der Waals surface area contributed by atoms with Crippen LogP contribution >= 0.6 is 15.9 Å². The van der Waals surface area contributed by atoms with E-state index in [4.69, 9.17) is 5.11 Å². The monoisotopic (exact) mass is 293 g/mol. The summed E-state index contributed by atoms with van der Waals surface area (Å²) in [7, 11) is 0. The van der Waals surface area contributed by atoms with E-state index in [1.807, 2.05) is 25.1 Å². The molecule has 1 aromatic carbocycles. The van der Waals surface area contributed by atoms with Crippen LogP contribution in [0.5, 0.6) is 0 Å². The van der Waals surface area contributed by atoms with E-state index in [0.717, 1.165) is 15.6 Å². The molecular formula is C11H14BrF2NO. The van der Waals surface area contributed by atoms with Crippen LogP contribution in [0.3, 0.4) is 0 Å². The SMILES string of the molecule is Cc1ccc(CNCC(F)(F)CO)c(Br)c1. The highest BCUT2D eigenvalue weighted by Gasteiger charge is 2.26. The van der Waals surface area contributed by atoms with Gasteiger partial charge in [0.05, 0.1) is 6.54 Å². The molecule has 0 spiro atoms. The van der Waals surface area contributed by atoms with Crippen molar-refractivity contribution in [3.8, 4) is 0 Å². The molecule has 0 unspecified atom stereocenters. The van der Waals surface area contributed by atoms with Crippen LogP contribution in [-0.4, -0.2) is 24.2 Å². The molecule has 0 fully saturated rings. The first kappa shape index (κ1) is 13.5. The molecule has 2 nitrogen and oxygen atoms in total. The topological polar surface area (TPSA) is 32.3 Å². The molecule has 0 saturated carbocycles. The molecule has 0 aliphatic rings. The summed E-state index contributed by atoms with van der Waals surface area (Å²) in [4.78, 5) is 0. The average molecular weight is 294 g/mol. The normalized spacial score (nSPS) is 11.8. The van der Waals surface area contributed by atoms with E-state index in [-0.39, 0.29) is 0 Å². The molecule has 1 aromatic rings. The van der Waals surface area contributed by atoms with Crippen LogP contribution in [0.1, 0.15) is 11.1 Å². The fourth-order valence-electron chi connectivity index (χ4n) is 1.23. The molecule has 16 heavy (non-hydrogen) atoms. The van der Waals surface area contributed by atoms with Gasteiger partial charge < -0.3 is 10.4 Å². The minimum absolute atomic E-state index is 0.344. The molecule has 90 valence electrons. The van der Waals surface area contributed by atoms with Gasteiger partial charge in [-0.25, -0.2) is 8.78 Å². The summed E-state index contributed by atoms with van der Waals surface area (Å²) in [6.07, 6.45) is 0. The van der Waals surface area contributed by atoms with Crippen LogP contribution in [-0.2, 0) is 6.54 Å². The van der Waals surface area contributed by atoms with Gasteiger partial charge in [0, 0.05) is 11.0 Å². The number of benzene rings is 1. The van der Waals surface area contributed by atoms with Crippen molar-refractivity contribution < 1.29 is 13.9 Å². The second-order valence-electron chi connectivity index (χ2n) is 3.71. The van der Waals surface area contributed by atoms with Crippen molar-refractivity contribution in [2.24, 2.45) is 0 Å². The zero-order chi connectivity index (χ0) is 12.2. The molecule has 0 amide bonds. The Balaban J connectivity index is 2.49. The van der Waals surface area contributed by atoms with E-state index < -0.39 is 19.1 Å². The Labute approximate surface area is 102 Å². The number of rotatable bonds is 5. The largest absolute Gasteiger partial charge is 0.390 e. The zero-order valence-electron chi connectivity index (χ0n) is 8.93. The Kier molecular flexibility index (Phi) is 4.83. The van der Waals surface area contributed by atoms with Gasteiger partial charge in [0.1, 0.15) is 6.61 Å². The molecule has 0 heterocycles. The number of nitrogens with one attached hydrogen (secondary N) is 1. The lowest BCUT2D eigenvalue weighted by Gasteiger charge is -2.14. The number of hydrogen-bond acceptors (Lipinski definition) is 2. The number of halogens is 3. The molecule has 2 N–H and O–H groups in total. The summed E-state index contributed by atoms with van der Waals surface area (Å²) in [5.41, 5.74) is 2.02. The first-order valence-corrected chi connectivity index (χ1v) is 5.68. The van der Waals surface area contributed by atoms with E-state index in [1.165, 1.54) is 0 Å². The summed E-state index contributed by atoms with van der Waals surface area (Å²) in [5, 5.41) is 11.0. The van der Waals surface area contributed by atoms with Crippen LogP contribution in [0.2, 0.25) is 0 Å². The summed E-state index contributed by atoms with van der Waals surface area (Å²) in [6.45, 7) is 0.650. The van der Waals surface area contributed by atoms with Crippen LogP contribution in [0.4, 0.5) is 8.78 Å². The molecule has 0 saturated heterocycles. The number of aryl methyl sites for hydroxylation is 1. The highest BCUT2D eigenvalue weighted by atomic mass is 79.9. The molecule has 5 heteroatoms. The Morgan fingerprint density at radius 3 is 2.69 bits per heavy atom. The predicted octanol–water partition coefficient (Wildman–Crippen LogP) is 2.47. The number of hydrogen-bond donors (Lipinski definition) is 2. The maximum absolute atomic E-state index is 12.7. The predicted molar refractivity (Wildman–Crippen MR) is 62.6 cm³/mol. The molecule has 0 aromatic heterocycles. The van der Waals surface area contributed by atoms with Gasteiger partial charge in [0.15, 0.2) is 0 Å². The van der Waals surface area contributed by atoms with Gasteiger partial charge in [-0.2, -0.15) is 0 Å². The second-order valence-corrected chi connectivity index (χ2v) is 4.57. The van der Waals surface area contributed by atoms with Crippen molar-refractivity contribution in [3.63, 3.8) is 0 Å². The van der Waals surface area contributed by atoms with Gasteiger partial charge in [-0.3, -0.25) is 0 Å². The Morgan fingerprint density at radius 2 is 2.12 bits per heavy atom. The molecule has 1 rings (SSSR count). The first-order valence-electron chi connectivity index (χ1n) is 4.89. The van der Waals surface area contributed by atoms with Crippen molar-refractivity contribution >= 4 is 15.9 Å². The third kappa shape index (κ3) is 4.15. The summed E-state index contributed by atoms with van der Waals surface area (Å²) >= 11 is 3.37. The molecule has 0 radical (unpaired) electrons. The fraction of sp³-hybridized carbons (Fsp3) is 0.455. The third-order valence-corrected chi connectivity index (χ3v) is 2.88. The van der Waals surface area contributed by atoms with Crippen LogP contribution < -0.4 is 5.32 Å². The van der Waals surface area contributed by atoms with Gasteiger partial charge in [-0.15, -0.1) is 0 Å². The minimum atomic E-state index is -3.06. The average Bonchev–Trinajstić information content (AvgIpc) is 2.21. The third-order valence-electron chi connectivity index (χ3n) is 2.14. The molecular weight excluding hydrogens is 280 g/mol. The molecule has 0 aliphatic heterocycles. The maximum atomic E-state index is 12.7. The Morgan fingerprint density at radius 1 is 1.44 bits per heavy atom. The lowest BCUT2D eigenvalue weighted by molar-refractivity contribution is -0.0477. The van der Waals surface area contributed by atoms with Gasteiger partial charge >= 0.3 is 0 Å². The van der Waals surface area contributed by atoms with Gasteiger partial charge in [0.2, 0.25) is 0 Å². The number of alkyl halides is 2. The van der Waals surface area contributed by atoms with Crippen molar-refractivity contribution in [2.75, 3.05) is 13.2 Å². The van der Waals surface area contributed by atoms with Crippen molar-refractivity contribution in [2.45, 2.75) is 19.4 Å². The van der Waals surface area contributed by atoms with Gasteiger partial charge in [0.25, 0.3) is 5.92 Å². The van der Waals surface area contributed by atoms with Gasteiger partial charge in [-0.1, -0.05) is 28.1 Å². The quantitative estimate of drug-likeness (QED) is 0.874. The Hall–Kier alpha value is -0.520. The number of aliphatic hydroxyl groups excluding tert-OH is 1. The smallest absolute Gasteiger partial charge is 0.282 e. The minimum Gasteiger partial charge on any atom is -0.390 e. The van der Waals surface area contributed by atoms with E-state index in [9.17, 15) is 8.78 Å². The number of aliphatic hydroxyl groups is 1. The summed E-state index contributed by atoms with van der Waals surface area (Å²) < 4.78 is 26.3. The second kappa shape index (κ2) is 5.70. The van der Waals surface area contributed by atoms with Crippen LogP contribution in [0.25, 0.3) is 0 Å². The Bertz CT molecular complexity index is 358. The zero-order valence-corrected chi connectivity index (χ0v) is 10.5. The summed E-state index contributed by atoms with van der Waals surface area (Å²) in [6, 6.07) is 5.73. The van der Waals surface area contributed by atoms with E-state index in [2.05, 4.69) is 21.2 Å². The highest BCUT2D eigenvalue weighted by Crippen LogP contribution is 2.18. The van der Waals surface area contributed by atoms with E-state index in [0.29, 0.717) is 6.54 Å². The summed E-state index contributed by atoms with van der Waals surface area (Å²) in [5.74, 6) is -3.06. The fourth-order valence-corrected chi connectivity index (χ4v) is 1.87. The molecule has 0 aliphatic carbocycles. The lowest BCUT2D eigenvalue weighted by atomic mass is 10.1. The van der Waals surface area contributed by atoms with E-state index >= 15 is 0 Å². The first-order chi connectivity index (χ1) is 7.44. The van der Waals surface area contributed by atoms with Crippen molar-refractivity contribution in [1.29, 1.82) is 0 Å². The lowest BCUT2D eigenvalue weighted by Crippen LogP contribution is -2.35. The van der Waals surface area contributed by atoms with Crippen LogP contribution in [0.15, 0.2) is 22.7 Å². The molecule has 0 bridgehead atoms. The molecule has 0 atom stereocenters. The van der Waals surface area contributed by atoms with E-state index in [1.54, 1.807) is 0 Å². The van der Waals surface area contributed by atoms with Gasteiger partial charge in [-0.05, 0) is 24.1 Å². The van der Waals surface area contributed by atoms with Crippen molar-refractivity contribution in [3.05, 3.63) is 33.8 Å². The van der Waals surface area contributed by atoms with Crippen LogP contribution in [0, 0.1) is 6.92 Å².